The fourth-order valence-corrected chi connectivity index (χ4v) is 2.46. The second-order valence-electron chi connectivity index (χ2n) is 4.11. The number of amides is 1. The molecule has 0 aliphatic rings. The molecule has 0 saturated heterocycles. The van der Waals surface area contributed by atoms with Gasteiger partial charge in [0, 0.05) is 28.6 Å². The van der Waals surface area contributed by atoms with E-state index in [1.54, 1.807) is 11.8 Å². The molecule has 0 aromatic heterocycles. The van der Waals surface area contributed by atoms with E-state index in [1.165, 1.54) is 12.8 Å². The van der Waals surface area contributed by atoms with Gasteiger partial charge in [-0.2, -0.15) is 0 Å². The number of unbranched alkanes of at least 4 members (excludes halogenated alkanes) is 2. The third-order valence-corrected chi connectivity index (χ3v) is 3.78. The van der Waals surface area contributed by atoms with Crippen LogP contribution in [0.25, 0.3) is 0 Å². The van der Waals surface area contributed by atoms with Crippen molar-refractivity contribution in [3.05, 3.63) is 29.3 Å². The number of carbonyl (C=O) groups excluding carboxylic acids is 1. The SMILES string of the molecule is CCCCCNC(=O)CCSc1ccc(Cl)cc1. The summed E-state index contributed by atoms with van der Waals surface area (Å²) in [6, 6.07) is 7.70. The molecule has 2 nitrogen and oxygen atoms in total. The molecule has 100 valence electrons. The first-order valence-corrected chi connectivity index (χ1v) is 7.74. The highest BCUT2D eigenvalue weighted by atomic mass is 35.5. The van der Waals surface area contributed by atoms with Crippen LogP contribution in [0.2, 0.25) is 5.02 Å². The smallest absolute Gasteiger partial charge is 0.220 e. The topological polar surface area (TPSA) is 29.1 Å². The average molecular weight is 286 g/mol. The Labute approximate surface area is 118 Å². The van der Waals surface area contributed by atoms with Crippen molar-refractivity contribution in [2.45, 2.75) is 37.5 Å². The van der Waals surface area contributed by atoms with E-state index in [4.69, 9.17) is 11.6 Å². The van der Waals surface area contributed by atoms with E-state index in [0.29, 0.717) is 6.42 Å². The van der Waals surface area contributed by atoms with Gasteiger partial charge in [-0.25, -0.2) is 0 Å². The minimum absolute atomic E-state index is 0.146. The van der Waals surface area contributed by atoms with Crippen LogP contribution in [0.1, 0.15) is 32.6 Å². The van der Waals surface area contributed by atoms with Crippen LogP contribution in [0.4, 0.5) is 0 Å². The Morgan fingerprint density at radius 1 is 1.28 bits per heavy atom. The summed E-state index contributed by atoms with van der Waals surface area (Å²) in [4.78, 5) is 12.7. The van der Waals surface area contributed by atoms with Crippen LogP contribution in [0, 0.1) is 0 Å². The van der Waals surface area contributed by atoms with Gasteiger partial charge in [0.05, 0.1) is 0 Å². The molecule has 0 aliphatic carbocycles. The van der Waals surface area contributed by atoms with Crippen LogP contribution >= 0.6 is 23.4 Å². The van der Waals surface area contributed by atoms with Gasteiger partial charge >= 0.3 is 0 Å². The summed E-state index contributed by atoms with van der Waals surface area (Å²) in [7, 11) is 0. The normalized spacial score (nSPS) is 10.3. The Morgan fingerprint density at radius 2 is 2.00 bits per heavy atom. The molecule has 0 aliphatic heterocycles. The Bertz CT molecular complexity index is 353. The Kier molecular flexibility index (Phi) is 7.94. The van der Waals surface area contributed by atoms with Gasteiger partial charge in [-0.15, -0.1) is 11.8 Å². The molecule has 1 N–H and O–H groups in total. The van der Waals surface area contributed by atoms with Crippen molar-refractivity contribution < 1.29 is 4.79 Å². The minimum Gasteiger partial charge on any atom is -0.356 e. The number of carbonyl (C=O) groups is 1. The van der Waals surface area contributed by atoms with E-state index in [1.807, 2.05) is 24.3 Å². The molecular weight excluding hydrogens is 266 g/mol. The van der Waals surface area contributed by atoms with Crippen molar-refractivity contribution in [3.63, 3.8) is 0 Å². The Hall–Kier alpha value is -0.670. The molecule has 0 atom stereocenters. The van der Waals surface area contributed by atoms with Gasteiger partial charge in [0.1, 0.15) is 0 Å². The molecule has 1 amide bonds. The van der Waals surface area contributed by atoms with Crippen LogP contribution in [-0.4, -0.2) is 18.2 Å². The Balaban J connectivity index is 2.10. The van der Waals surface area contributed by atoms with E-state index >= 15 is 0 Å². The van der Waals surface area contributed by atoms with E-state index in [2.05, 4.69) is 12.2 Å². The first-order chi connectivity index (χ1) is 8.72. The van der Waals surface area contributed by atoms with Gasteiger partial charge < -0.3 is 5.32 Å². The highest BCUT2D eigenvalue weighted by Gasteiger charge is 2.01. The zero-order valence-corrected chi connectivity index (χ0v) is 12.3. The molecule has 0 spiro atoms. The van der Waals surface area contributed by atoms with Crippen LogP contribution in [0.5, 0.6) is 0 Å². The summed E-state index contributed by atoms with van der Waals surface area (Å²) in [6.07, 6.45) is 4.01. The van der Waals surface area contributed by atoms with Gasteiger partial charge in [-0.1, -0.05) is 31.4 Å². The quantitative estimate of drug-likeness (QED) is 0.575. The van der Waals surface area contributed by atoms with E-state index in [9.17, 15) is 4.79 Å². The molecule has 1 aromatic rings. The number of hydrogen-bond acceptors (Lipinski definition) is 2. The highest BCUT2D eigenvalue weighted by molar-refractivity contribution is 7.99. The van der Waals surface area contributed by atoms with Gasteiger partial charge in [-0.05, 0) is 30.7 Å². The fourth-order valence-electron chi connectivity index (χ4n) is 1.48. The molecular formula is C14H20ClNOS. The summed E-state index contributed by atoms with van der Waals surface area (Å²) < 4.78 is 0. The lowest BCUT2D eigenvalue weighted by molar-refractivity contribution is -0.120. The lowest BCUT2D eigenvalue weighted by Crippen LogP contribution is -2.24. The fraction of sp³-hybridized carbons (Fsp3) is 0.500. The van der Waals surface area contributed by atoms with Crippen molar-refractivity contribution in [1.29, 1.82) is 0 Å². The van der Waals surface area contributed by atoms with Gasteiger partial charge in [-0.3, -0.25) is 4.79 Å². The zero-order chi connectivity index (χ0) is 13.2. The first-order valence-electron chi connectivity index (χ1n) is 6.37. The monoisotopic (exact) mass is 285 g/mol. The number of nitrogens with one attached hydrogen (secondary N) is 1. The molecule has 0 fully saturated rings. The third kappa shape index (κ3) is 6.92. The van der Waals surface area contributed by atoms with Crippen molar-refractivity contribution in [1.82, 2.24) is 5.32 Å². The second-order valence-corrected chi connectivity index (χ2v) is 5.71. The van der Waals surface area contributed by atoms with Crippen molar-refractivity contribution in [3.8, 4) is 0 Å². The average Bonchev–Trinajstić information content (AvgIpc) is 2.37. The maximum absolute atomic E-state index is 11.5. The van der Waals surface area contributed by atoms with Crippen LogP contribution in [0.15, 0.2) is 29.2 Å². The summed E-state index contributed by atoms with van der Waals surface area (Å²) in [5, 5.41) is 3.68. The van der Waals surface area contributed by atoms with Crippen LogP contribution < -0.4 is 5.32 Å². The highest BCUT2D eigenvalue weighted by Crippen LogP contribution is 2.20. The van der Waals surface area contributed by atoms with Gasteiger partial charge in [0.15, 0.2) is 0 Å². The van der Waals surface area contributed by atoms with Gasteiger partial charge in [0.25, 0.3) is 0 Å². The molecule has 0 radical (unpaired) electrons. The maximum Gasteiger partial charge on any atom is 0.220 e. The van der Waals surface area contributed by atoms with Crippen LogP contribution in [0.3, 0.4) is 0 Å². The van der Waals surface area contributed by atoms with E-state index in [-0.39, 0.29) is 5.91 Å². The third-order valence-electron chi connectivity index (χ3n) is 2.51. The van der Waals surface area contributed by atoms with E-state index in [0.717, 1.165) is 28.6 Å². The number of benzene rings is 1. The number of hydrogen-bond donors (Lipinski definition) is 1. The standard InChI is InChI=1S/C14H20ClNOS/c1-2-3-4-10-16-14(17)9-11-18-13-7-5-12(15)6-8-13/h5-8H,2-4,9-11H2,1H3,(H,16,17). The lowest BCUT2D eigenvalue weighted by atomic mass is 10.2. The second kappa shape index (κ2) is 9.29. The first kappa shape index (κ1) is 15.4. The number of thioether (sulfide) groups is 1. The van der Waals surface area contributed by atoms with Crippen molar-refractivity contribution in [2.75, 3.05) is 12.3 Å². The summed E-state index contributed by atoms with van der Waals surface area (Å²) in [5.74, 6) is 0.953. The molecule has 1 aromatic carbocycles. The van der Waals surface area contributed by atoms with Crippen molar-refractivity contribution >= 4 is 29.3 Å². The Morgan fingerprint density at radius 3 is 2.67 bits per heavy atom. The zero-order valence-electron chi connectivity index (χ0n) is 10.7. The molecule has 4 heteroatoms. The molecule has 18 heavy (non-hydrogen) atoms. The molecule has 0 heterocycles. The summed E-state index contributed by atoms with van der Waals surface area (Å²) in [5.41, 5.74) is 0. The van der Waals surface area contributed by atoms with Crippen LogP contribution in [-0.2, 0) is 4.79 Å². The van der Waals surface area contributed by atoms with E-state index < -0.39 is 0 Å². The molecule has 1 rings (SSSR count). The number of rotatable bonds is 8. The van der Waals surface area contributed by atoms with Crippen molar-refractivity contribution in [2.24, 2.45) is 0 Å². The molecule has 0 bridgehead atoms. The summed E-state index contributed by atoms with van der Waals surface area (Å²) >= 11 is 7.49. The molecule has 0 unspecified atom stereocenters. The maximum atomic E-state index is 11.5. The van der Waals surface area contributed by atoms with Gasteiger partial charge in [0.2, 0.25) is 5.91 Å². The summed E-state index contributed by atoms with van der Waals surface area (Å²) in [6.45, 7) is 2.96. The predicted molar refractivity (Wildman–Crippen MR) is 79.3 cm³/mol. The lowest BCUT2D eigenvalue weighted by Gasteiger charge is -2.04. The number of halogens is 1. The minimum atomic E-state index is 0.146. The largest absolute Gasteiger partial charge is 0.356 e. The predicted octanol–water partition coefficient (Wildman–Crippen LogP) is 4.13. The molecule has 0 saturated carbocycles.